The van der Waals surface area contributed by atoms with E-state index < -0.39 is 18.0 Å². The first kappa shape index (κ1) is 18.4. The minimum Gasteiger partial charge on any atom is -0.447 e. The zero-order chi connectivity index (χ0) is 19.0. The summed E-state index contributed by atoms with van der Waals surface area (Å²) in [6.07, 6.45) is -1.13. The van der Waals surface area contributed by atoms with Gasteiger partial charge in [-0.2, -0.15) is 5.06 Å². The topological polar surface area (TPSA) is 77.5 Å². The Kier molecular flexibility index (Phi) is 4.90. The van der Waals surface area contributed by atoms with E-state index in [1.807, 2.05) is 44.2 Å². The molecule has 3 atom stereocenters. The molecule has 3 aliphatic rings. The van der Waals surface area contributed by atoms with Gasteiger partial charge in [-0.25, -0.2) is 9.69 Å². The molecule has 3 heterocycles. The van der Waals surface area contributed by atoms with Gasteiger partial charge in [0.2, 0.25) is 0 Å². The predicted molar refractivity (Wildman–Crippen MR) is 93.2 cm³/mol. The summed E-state index contributed by atoms with van der Waals surface area (Å²) in [5, 5.41) is 1.79. The first-order valence-electron chi connectivity index (χ1n) is 9.20. The fourth-order valence-electron chi connectivity index (χ4n) is 3.70. The summed E-state index contributed by atoms with van der Waals surface area (Å²) in [5.74, 6) is -1.03. The summed E-state index contributed by atoms with van der Waals surface area (Å²) in [4.78, 5) is 31.6. The molecule has 0 bridgehead atoms. The first-order valence-corrected chi connectivity index (χ1v) is 9.20. The highest BCUT2D eigenvalue weighted by molar-refractivity contribution is 5.95. The maximum atomic E-state index is 12.7. The molecule has 0 aromatic heterocycles. The van der Waals surface area contributed by atoms with Crippen molar-refractivity contribution in [2.45, 2.75) is 50.8 Å². The number of nitrogens with zero attached hydrogens (tertiary/aromatic N) is 2. The smallest absolute Gasteiger partial charge is 0.416 e. The maximum absolute atomic E-state index is 12.7. The number of hydroxylamine groups is 2. The maximum Gasteiger partial charge on any atom is 0.416 e. The summed E-state index contributed by atoms with van der Waals surface area (Å²) in [7, 11) is 0. The van der Waals surface area contributed by atoms with Crippen LogP contribution < -0.4 is 0 Å². The van der Waals surface area contributed by atoms with Gasteiger partial charge in [-0.15, -0.1) is 0 Å². The van der Waals surface area contributed by atoms with Gasteiger partial charge in [0.15, 0.2) is 11.9 Å². The Morgan fingerprint density at radius 2 is 2.04 bits per heavy atom. The van der Waals surface area contributed by atoms with E-state index in [1.54, 1.807) is 5.06 Å². The van der Waals surface area contributed by atoms with Gasteiger partial charge >= 0.3 is 6.09 Å². The Bertz CT molecular complexity index is 709. The first-order chi connectivity index (χ1) is 12.9. The largest absolute Gasteiger partial charge is 0.447 e. The number of ether oxygens (including phenoxy) is 3. The van der Waals surface area contributed by atoms with Gasteiger partial charge in [0.05, 0.1) is 19.2 Å². The van der Waals surface area contributed by atoms with Crippen LogP contribution in [0, 0.1) is 0 Å². The van der Waals surface area contributed by atoms with Crippen LogP contribution in [0.1, 0.15) is 25.8 Å². The van der Waals surface area contributed by atoms with E-state index in [1.165, 1.54) is 0 Å². The molecule has 1 aromatic rings. The number of hydrogen-bond donors (Lipinski definition) is 0. The molecule has 2 amide bonds. The van der Waals surface area contributed by atoms with Crippen LogP contribution >= 0.6 is 0 Å². The molecule has 0 aliphatic carbocycles. The molecule has 3 aliphatic heterocycles. The van der Waals surface area contributed by atoms with Crippen LogP contribution in [0.4, 0.5) is 4.79 Å². The number of cyclic esters (lactones) is 1. The third kappa shape index (κ3) is 3.84. The Morgan fingerprint density at radius 1 is 1.26 bits per heavy atom. The molecule has 27 heavy (non-hydrogen) atoms. The minimum absolute atomic E-state index is 0.153. The lowest BCUT2D eigenvalue weighted by atomic mass is 10.0. The van der Waals surface area contributed by atoms with Gasteiger partial charge in [-0.3, -0.25) is 9.63 Å². The van der Waals surface area contributed by atoms with Crippen molar-refractivity contribution in [1.82, 2.24) is 9.96 Å². The second-order valence-corrected chi connectivity index (χ2v) is 7.43. The zero-order valence-corrected chi connectivity index (χ0v) is 15.5. The molecular weight excluding hydrogens is 352 g/mol. The van der Waals surface area contributed by atoms with Crippen LogP contribution in [-0.4, -0.2) is 65.8 Å². The van der Waals surface area contributed by atoms with E-state index in [-0.39, 0.29) is 31.2 Å². The van der Waals surface area contributed by atoms with Gasteiger partial charge in [-0.05, 0) is 19.4 Å². The molecule has 0 spiro atoms. The fourth-order valence-corrected chi connectivity index (χ4v) is 3.70. The molecular formula is C19H24N2O6. The minimum atomic E-state index is -0.739. The van der Waals surface area contributed by atoms with Gasteiger partial charge in [0, 0.05) is 13.0 Å². The summed E-state index contributed by atoms with van der Waals surface area (Å²) in [6.45, 7) is 5.17. The number of carbonyl (C=O) groups excluding carboxylic acids is 2. The summed E-state index contributed by atoms with van der Waals surface area (Å²) >= 11 is 0. The van der Waals surface area contributed by atoms with Crippen molar-refractivity contribution in [2.75, 3.05) is 19.8 Å². The lowest BCUT2D eigenvalue weighted by Gasteiger charge is -2.27. The Labute approximate surface area is 157 Å². The van der Waals surface area contributed by atoms with E-state index in [0.29, 0.717) is 19.6 Å². The average molecular weight is 376 g/mol. The lowest BCUT2D eigenvalue weighted by molar-refractivity contribution is -0.200. The van der Waals surface area contributed by atoms with E-state index in [4.69, 9.17) is 19.0 Å². The highest BCUT2D eigenvalue weighted by Gasteiger charge is 2.48. The SMILES string of the molecule is CC1(C)OC[C@H]([C@@H]2C[C@H](C(=O)N3CCOC3=O)ON2Cc2ccccc2)O1. The summed E-state index contributed by atoms with van der Waals surface area (Å²) in [5.41, 5.74) is 1.06. The Morgan fingerprint density at radius 3 is 2.67 bits per heavy atom. The molecule has 0 N–H and O–H groups in total. The second-order valence-electron chi connectivity index (χ2n) is 7.43. The quantitative estimate of drug-likeness (QED) is 0.791. The van der Waals surface area contributed by atoms with Crippen LogP contribution in [0.15, 0.2) is 30.3 Å². The average Bonchev–Trinajstić information content (AvgIpc) is 3.34. The van der Waals surface area contributed by atoms with Crippen LogP contribution in [0.5, 0.6) is 0 Å². The van der Waals surface area contributed by atoms with Gasteiger partial charge in [0.25, 0.3) is 5.91 Å². The monoisotopic (exact) mass is 376 g/mol. The number of benzene rings is 1. The standard InChI is InChI=1S/C19H24N2O6/c1-19(2)25-12-16(26-19)14-10-15(17(22)20-8-9-24-18(20)23)27-21(14)11-13-6-4-3-5-7-13/h3-7,14-16H,8-12H2,1-2H3/t14-,15+,16+/m0/s1. The van der Waals surface area contributed by atoms with Crippen LogP contribution in [0.3, 0.4) is 0 Å². The van der Waals surface area contributed by atoms with Crippen molar-refractivity contribution in [1.29, 1.82) is 0 Å². The normalized spacial score (nSPS) is 30.7. The molecule has 3 saturated heterocycles. The second kappa shape index (κ2) is 7.20. The third-order valence-corrected chi connectivity index (χ3v) is 5.03. The molecule has 0 radical (unpaired) electrons. The number of carbonyl (C=O) groups is 2. The Hall–Kier alpha value is -2.00. The van der Waals surface area contributed by atoms with Crippen LogP contribution in [-0.2, 0) is 30.4 Å². The zero-order valence-electron chi connectivity index (χ0n) is 15.5. The summed E-state index contributed by atoms with van der Waals surface area (Å²) < 4.78 is 16.6. The molecule has 8 nitrogen and oxygen atoms in total. The van der Waals surface area contributed by atoms with Gasteiger partial charge in [-0.1, -0.05) is 30.3 Å². The van der Waals surface area contributed by atoms with E-state index >= 15 is 0 Å². The molecule has 146 valence electrons. The van der Waals surface area contributed by atoms with Crippen molar-refractivity contribution >= 4 is 12.0 Å². The van der Waals surface area contributed by atoms with E-state index in [9.17, 15) is 9.59 Å². The van der Waals surface area contributed by atoms with Crippen LogP contribution in [0.2, 0.25) is 0 Å². The van der Waals surface area contributed by atoms with Crippen LogP contribution in [0.25, 0.3) is 0 Å². The van der Waals surface area contributed by atoms with Crippen molar-refractivity contribution in [3.63, 3.8) is 0 Å². The number of amides is 2. The van der Waals surface area contributed by atoms with E-state index in [2.05, 4.69) is 0 Å². The molecule has 1 aromatic carbocycles. The lowest BCUT2D eigenvalue weighted by Crippen LogP contribution is -2.40. The number of imide groups is 1. The number of rotatable bonds is 4. The molecule has 4 rings (SSSR count). The van der Waals surface area contributed by atoms with E-state index in [0.717, 1.165) is 10.5 Å². The van der Waals surface area contributed by atoms with Crippen molar-refractivity contribution in [3.8, 4) is 0 Å². The molecule has 0 unspecified atom stereocenters. The Balaban J connectivity index is 1.51. The summed E-state index contributed by atoms with van der Waals surface area (Å²) in [6, 6.07) is 9.73. The highest BCUT2D eigenvalue weighted by Crippen LogP contribution is 2.34. The van der Waals surface area contributed by atoms with Gasteiger partial charge in [0.1, 0.15) is 12.7 Å². The van der Waals surface area contributed by atoms with Crippen molar-refractivity contribution in [2.24, 2.45) is 0 Å². The predicted octanol–water partition coefficient (Wildman–Crippen LogP) is 1.69. The third-order valence-electron chi connectivity index (χ3n) is 5.03. The number of hydrogen-bond acceptors (Lipinski definition) is 7. The fraction of sp³-hybridized carbons (Fsp3) is 0.579. The van der Waals surface area contributed by atoms with Gasteiger partial charge < -0.3 is 14.2 Å². The molecule has 8 heteroatoms. The van der Waals surface area contributed by atoms with Crippen molar-refractivity contribution in [3.05, 3.63) is 35.9 Å². The molecule has 0 saturated carbocycles. The van der Waals surface area contributed by atoms with Crippen molar-refractivity contribution < 1.29 is 28.6 Å². The highest BCUT2D eigenvalue weighted by atomic mass is 16.8. The molecule has 3 fully saturated rings.